The average Bonchev–Trinajstić information content (AvgIpc) is 2.48. The van der Waals surface area contributed by atoms with E-state index in [1.807, 2.05) is 40.9 Å². The van der Waals surface area contributed by atoms with Gasteiger partial charge in [-0.2, -0.15) is 0 Å². The minimum atomic E-state index is -0.739. The lowest BCUT2D eigenvalue weighted by Gasteiger charge is -2.36. The molecule has 0 rings (SSSR count). The van der Waals surface area contributed by atoms with Crippen LogP contribution >= 0.6 is 0 Å². The van der Waals surface area contributed by atoms with Crippen LogP contribution in [-0.4, -0.2) is 43.4 Å². The van der Waals surface area contributed by atoms with Crippen LogP contribution in [-0.2, 0) is 4.74 Å². The molecule has 0 spiro atoms. The van der Waals surface area contributed by atoms with Crippen LogP contribution in [0.2, 0.25) is 0 Å². The van der Waals surface area contributed by atoms with Crippen LogP contribution in [0, 0.1) is 18.8 Å². The van der Waals surface area contributed by atoms with Crippen LogP contribution in [0.3, 0.4) is 0 Å². The first-order chi connectivity index (χ1) is 9.81. The van der Waals surface area contributed by atoms with E-state index in [1.54, 1.807) is 7.11 Å². The highest BCUT2D eigenvalue weighted by atomic mass is 16.5. The van der Waals surface area contributed by atoms with Gasteiger partial charge in [0.15, 0.2) is 0 Å². The fraction of sp³-hybridized carbons (Fsp3) is 0.667. The molecule has 3 heteroatoms. The van der Waals surface area contributed by atoms with Gasteiger partial charge < -0.3 is 14.7 Å². The van der Waals surface area contributed by atoms with Gasteiger partial charge in [0.2, 0.25) is 0 Å². The van der Waals surface area contributed by atoms with E-state index in [0.29, 0.717) is 0 Å². The zero-order valence-electron chi connectivity index (χ0n) is 14.8. The van der Waals surface area contributed by atoms with E-state index in [1.165, 1.54) is 0 Å². The van der Waals surface area contributed by atoms with Crippen LogP contribution in [0.1, 0.15) is 40.5 Å². The summed E-state index contributed by atoms with van der Waals surface area (Å²) in [4.78, 5) is 2.12. The molecule has 0 aliphatic heterocycles. The van der Waals surface area contributed by atoms with Gasteiger partial charge in [0.25, 0.3) is 0 Å². The summed E-state index contributed by atoms with van der Waals surface area (Å²) >= 11 is 0. The van der Waals surface area contributed by atoms with Crippen LogP contribution in [0.4, 0.5) is 0 Å². The Kier molecular flexibility index (Phi) is 12.0. The minimum Gasteiger partial charge on any atom is -0.501 e. The SMILES string of the molecule is C#C.C/C=C(\C/C=C(\C)C(O)(CC)C(C)CN(C)C)OC. The van der Waals surface area contributed by atoms with Crippen molar-refractivity contribution in [3.63, 3.8) is 0 Å². The van der Waals surface area contributed by atoms with Crippen LogP contribution in [0.15, 0.2) is 23.5 Å². The maximum Gasteiger partial charge on any atom is 0.0950 e. The van der Waals surface area contributed by atoms with Crippen molar-refractivity contribution in [3.05, 3.63) is 23.5 Å². The van der Waals surface area contributed by atoms with E-state index >= 15 is 0 Å². The monoisotopic (exact) mass is 295 g/mol. The van der Waals surface area contributed by atoms with Crippen LogP contribution in [0.5, 0.6) is 0 Å². The van der Waals surface area contributed by atoms with Crippen molar-refractivity contribution in [2.45, 2.75) is 46.1 Å². The van der Waals surface area contributed by atoms with Gasteiger partial charge in [-0.05, 0) is 46.0 Å². The molecule has 0 aromatic carbocycles. The molecule has 0 heterocycles. The Morgan fingerprint density at radius 1 is 1.38 bits per heavy atom. The Balaban J connectivity index is 0. The Bertz CT molecular complexity index is 355. The number of rotatable bonds is 8. The highest BCUT2D eigenvalue weighted by Gasteiger charge is 2.33. The number of terminal acetylenes is 1. The lowest BCUT2D eigenvalue weighted by molar-refractivity contribution is 0.0100. The van der Waals surface area contributed by atoms with Gasteiger partial charge in [-0.3, -0.25) is 0 Å². The molecule has 0 fully saturated rings. The fourth-order valence-corrected chi connectivity index (χ4v) is 2.46. The zero-order chi connectivity index (χ0) is 17.1. The molecule has 2 unspecified atom stereocenters. The molecular formula is C18H33NO2. The number of methoxy groups -OCH3 is 1. The van der Waals surface area contributed by atoms with E-state index in [2.05, 4.69) is 30.7 Å². The highest BCUT2D eigenvalue weighted by Crippen LogP contribution is 2.30. The van der Waals surface area contributed by atoms with E-state index in [-0.39, 0.29) is 5.92 Å². The molecule has 122 valence electrons. The quantitative estimate of drug-likeness (QED) is 0.423. The first-order valence-electron chi connectivity index (χ1n) is 7.38. The Morgan fingerprint density at radius 3 is 2.24 bits per heavy atom. The van der Waals surface area contributed by atoms with E-state index in [9.17, 15) is 5.11 Å². The fourth-order valence-electron chi connectivity index (χ4n) is 2.46. The largest absolute Gasteiger partial charge is 0.501 e. The van der Waals surface area contributed by atoms with Crippen molar-refractivity contribution >= 4 is 0 Å². The van der Waals surface area contributed by atoms with E-state index in [0.717, 1.165) is 30.7 Å². The smallest absolute Gasteiger partial charge is 0.0950 e. The lowest BCUT2D eigenvalue weighted by Crippen LogP contribution is -2.42. The molecule has 1 N–H and O–H groups in total. The Labute approximate surface area is 131 Å². The molecule has 0 amide bonds. The molecule has 0 aromatic heterocycles. The van der Waals surface area contributed by atoms with Crippen LogP contribution < -0.4 is 0 Å². The van der Waals surface area contributed by atoms with Gasteiger partial charge in [-0.25, -0.2) is 0 Å². The van der Waals surface area contributed by atoms with E-state index < -0.39 is 5.60 Å². The summed E-state index contributed by atoms with van der Waals surface area (Å²) in [6.07, 6.45) is 13.5. The number of aliphatic hydroxyl groups is 1. The molecule has 0 saturated heterocycles. The average molecular weight is 295 g/mol. The number of hydrogen-bond donors (Lipinski definition) is 1. The molecule has 3 nitrogen and oxygen atoms in total. The van der Waals surface area contributed by atoms with Crippen LogP contribution in [0.25, 0.3) is 0 Å². The minimum absolute atomic E-state index is 0.195. The Morgan fingerprint density at radius 2 is 1.90 bits per heavy atom. The van der Waals surface area contributed by atoms with Crippen molar-refractivity contribution in [2.75, 3.05) is 27.7 Å². The van der Waals surface area contributed by atoms with Crippen molar-refractivity contribution in [1.82, 2.24) is 4.90 Å². The first-order valence-corrected chi connectivity index (χ1v) is 7.38. The summed E-state index contributed by atoms with van der Waals surface area (Å²) in [5.74, 6) is 1.12. The third-order valence-corrected chi connectivity index (χ3v) is 3.87. The van der Waals surface area contributed by atoms with Crippen molar-refractivity contribution in [2.24, 2.45) is 5.92 Å². The number of hydrogen-bond acceptors (Lipinski definition) is 3. The van der Waals surface area contributed by atoms with Crippen molar-refractivity contribution in [3.8, 4) is 12.8 Å². The molecule has 0 aliphatic rings. The molecule has 0 aliphatic carbocycles. The number of ether oxygens (including phenoxy) is 1. The van der Waals surface area contributed by atoms with Crippen molar-refractivity contribution < 1.29 is 9.84 Å². The molecule has 0 aromatic rings. The summed E-state index contributed by atoms with van der Waals surface area (Å²) in [6, 6.07) is 0. The Hall–Kier alpha value is -1.24. The highest BCUT2D eigenvalue weighted by molar-refractivity contribution is 5.18. The third-order valence-electron chi connectivity index (χ3n) is 3.87. The number of allylic oxidation sites excluding steroid dienone is 2. The molecule has 0 radical (unpaired) electrons. The summed E-state index contributed by atoms with van der Waals surface area (Å²) in [6.45, 7) is 8.99. The summed E-state index contributed by atoms with van der Waals surface area (Å²) in [5, 5.41) is 10.9. The second-order valence-electron chi connectivity index (χ2n) is 5.49. The molecule has 0 saturated carbocycles. The van der Waals surface area contributed by atoms with Crippen molar-refractivity contribution in [1.29, 1.82) is 0 Å². The van der Waals surface area contributed by atoms with Gasteiger partial charge in [0.05, 0.1) is 18.5 Å². The van der Waals surface area contributed by atoms with Gasteiger partial charge in [0.1, 0.15) is 0 Å². The first kappa shape index (κ1) is 22.0. The third kappa shape index (κ3) is 7.36. The second kappa shape index (κ2) is 11.4. The lowest BCUT2D eigenvalue weighted by atomic mass is 9.79. The maximum absolute atomic E-state index is 10.9. The molecule has 2 atom stereocenters. The van der Waals surface area contributed by atoms with E-state index in [4.69, 9.17) is 4.74 Å². The maximum atomic E-state index is 10.9. The molecule has 0 bridgehead atoms. The summed E-state index contributed by atoms with van der Waals surface area (Å²) in [5.41, 5.74) is 0.289. The summed E-state index contributed by atoms with van der Waals surface area (Å²) in [7, 11) is 5.75. The summed E-state index contributed by atoms with van der Waals surface area (Å²) < 4.78 is 5.25. The zero-order valence-corrected chi connectivity index (χ0v) is 14.8. The number of nitrogens with zero attached hydrogens (tertiary/aromatic N) is 1. The standard InChI is InChI=1S/C16H31NO2.C2H2/c1-8-15(19-7)11-10-13(3)16(18,9-2)14(4)12-17(5)6;1-2/h8,10,14,18H,9,11-12H2,1-7H3;1-2H/b13-10+,15-8+;. The van der Waals surface area contributed by atoms with Gasteiger partial charge in [-0.15, -0.1) is 12.8 Å². The van der Waals surface area contributed by atoms with Gasteiger partial charge in [-0.1, -0.05) is 19.9 Å². The topological polar surface area (TPSA) is 32.7 Å². The predicted octanol–water partition coefficient (Wildman–Crippen LogP) is 3.46. The molecular weight excluding hydrogens is 262 g/mol. The second-order valence-corrected chi connectivity index (χ2v) is 5.49. The normalized spacial score (nSPS) is 16.7. The molecule has 21 heavy (non-hydrogen) atoms. The predicted molar refractivity (Wildman–Crippen MR) is 92.0 cm³/mol. The van der Waals surface area contributed by atoms with Gasteiger partial charge >= 0.3 is 0 Å². The van der Waals surface area contributed by atoms with Gasteiger partial charge in [0, 0.05) is 18.9 Å².